The molecule has 1 aliphatic rings. The Hall–Kier alpha value is -2.04. The molecule has 4 nitrogen and oxygen atoms in total. The van der Waals surface area contributed by atoms with Gasteiger partial charge in [0.05, 0.1) is 5.39 Å². The van der Waals surface area contributed by atoms with Crippen LogP contribution in [0.1, 0.15) is 30.8 Å². The Morgan fingerprint density at radius 2 is 2.16 bits per heavy atom. The van der Waals surface area contributed by atoms with Crippen molar-refractivity contribution in [3.05, 3.63) is 29.8 Å². The lowest BCUT2D eigenvalue weighted by atomic mass is 9.88. The van der Waals surface area contributed by atoms with Gasteiger partial charge in [-0.3, -0.25) is 0 Å². The van der Waals surface area contributed by atoms with Crippen LogP contribution in [0.5, 0.6) is 0 Å². The molecule has 0 aliphatic carbocycles. The Morgan fingerprint density at radius 3 is 2.68 bits per heavy atom. The first kappa shape index (κ1) is 12.0. The van der Waals surface area contributed by atoms with Crippen molar-refractivity contribution in [1.29, 1.82) is 0 Å². The number of rotatable bonds is 2. The minimum atomic E-state index is -1.19. The van der Waals surface area contributed by atoms with Crippen LogP contribution in [0.15, 0.2) is 22.6 Å². The number of hydrogen-bond donors (Lipinski definition) is 1. The maximum Gasteiger partial charge on any atom is 0.371 e. The maximum atomic E-state index is 14.0. The average molecular weight is 263 g/mol. The summed E-state index contributed by atoms with van der Waals surface area (Å²) in [5, 5.41) is 9.08. The number of furan rings is 1. The second kappa shape index (κ2) is 3.73. The van der Waals surface area contributed by atoms with Crippen molar-refractivity contribution in [2.24, 2.45) is 0 Å². The SMILES string of the molecule is CC1(C)CCN1c1cc(F)c2cc(C(=O)O)oc2c1. The van der Waals surface area contributed by atoms with Crippen molar-refractivity contribution < 1.29 is 18.7 Å². The van der Waals surface area contributed by atoms with Crippen LogP contribution in [0, 0.1) is 5.82 Å². The highest BCUT2D eigenvalue weighted by Gasteiger charge is 2.36. The Bertz CT molecular complexity index is 675. The van der Waals surface area contributed by atoms with Crippen LogP contribution in [0.3, 0.4) is 0 Å². The molecule has 2 heterocycles. The van der Waals surface area contributed by atoms with Crippen molar-refractivity contribution in [2.75, 3.05) is 11.4 Å². The first-order valence-corrected chi connectivity index (χ1v) is 6.12. The molecule has 1 N–H and O–H groups in total. The summed E-state index contributed by atoms with van der Waals surface area (Å²) in [6, 6.07) is 4.36. The molecule has 0 bridgehead atoms. The molecule has 5 heteroatoms. The minimum absolute atomic E-state index is 0.00232. The van der Waals surface area contributed by atoms with Crippen LogP contribution in [-0.2, 0) is 0 Å². The fraction of sp³-hybridized carbons (Fsp3) is 0.357. The maximum absolute atomic E-state index is 14.0. The standard InChI is InChI=1S/C14H14FNO3/c1-14(2)3-4-16(14)8-5-10(15)9-7-12(13(17)18)19-11(9)6-8/h5-7H,3-4H2,1-2H3,(H,17,18). The molecule has 1 aromatic carbocycles. The lowest BCUT2D eigenvalue weighted by molar-refractivity contribution is 0.0665. The van der Waals surface area contributed by atoms with Gasteiger partial charge in [-0.25, -0.2) is 9.18 Å². The Morgan fingerprint density at radius 1 is 1.42 bits per heavy atom. The summed E-state index contributed by atoms with van der Waals surface area (Å²) in [5.74, 6) is -1.89. The van der Waals surface area contributed by atoms with E-state index in [9.17, 15) is 9.18 Å². The molecule has 0 radical (unpaired) electrons. The molecule has 0 amide bonds. The van der Waals surface area contributed by atoms with Gasteiger partial charge >= 0.3 is 5.97 Å². The molecule has 0 saturated carbocycles. The Balaban J connectivity index is 2.11. The number of carboxylic acid groups (broad SMARTS) is 1. The zero-order chi connectivity index (χ0) is 13.8. The predicted octanol–water partition coefficient (Wildman–Crippen LogP) is 3.26. The summed E-state index contributed by atoms with van der Waals surface area (Å²) in [5.41, 5.74) is 1.00. The third kappa shape index (κ3) is 1.77. The average Bonchev–Trinajstić information content (AvgIpc) is 2.72. The fourth-order valence-electron chi connectivity index (χ4n) is 2.49. The van der Waals surface area contributed by atoms with E-state index < -0.39 is 11.8 Å². The van der Waals surface area contributed by atoms with Gasteiger partial charge in [0.2, 0.25) is 5.76 Å². The summed E-state index contributed by atoms with van der Waals surface area (Å²) < 4.78 is 19.2. The molecule has 1 aromatic heterocycles. The Kier molecular flexibility index (Phi) is 2.36. The first-order chi connectivity index (χ1) is 8.88. The van der Waals surface area contributed by atoms with Gasteiger partial charge in [-0.05, 0) is 26.3 Å². The smallest absolute Gasteiger partial charge is 0.371 e. The van der Waals surface area contributed by atoms with Gasteiger partial charge < -0.3 is 14.4 Å². The van der Waals surface area contributed by atoms with Crippen molar-refractivity contribution in [3.63, 3.8) is 0 Å². The number of aromatic carboxylic acids is 1. The predicted molar refractivity (Wildman–Crippen MR) is 69.2 cm³/mol. The number of anilines is 1. The van der Waals surface area contributed by atoms with Crippen LogP contribution in [0.2, 0.25) is 0 Å². The van der Waals surface area contributed by atoms with E-state index in [1.165, 1.54) is 12.1 Å². The molecule has 1 aliphatic heterocycles. The van der Waals surface area contributed by atoms with E-state index in [0.717, 1.165) is 18.7 Å². The van der Waals surface area contributed by atoms with E-state index in [4.69, 9.17) is 9.52 Å². The molecule has 0 spiro atoms. The molecule has 2 aromatic rings. The van der Waals surface area contributed by atoms with Gasteiger partial charge in [0, 0.05) is 29.9 Å². The van der Waals surface area contributed by atoms with E-state index in [1.54, 1.807) is 6.07 Å². The van der Waals surface area contributed by atoms with Crippen molar-refractivity contribution >= 4 is 22.6 Å². The van der Waals surface area contributed by atoms with E-state index >= 15 is 0 Å². The van der Waals surface area contributed by atoms with E-state index in [1.807, 2.05) is 0 Å². The van der Waals surface area contributed by atoms with Gasteiger partial charge in [0.25, 0.3) is 0 Å². The highest BCUT2D eigenvalue weighted by molar-refractivity contribution is 5.92. The van der Waals surface area contributed by atoms with E-state index in [2.05, 4.69) is 18.7 Å². The lowest BCUT2D eigenvalue weighted by Crippen LogP contribution is -2.56. The minimum Gasteiger partial charge on any atom is -0.475 e. The molecule has 0 atom stereocenters. The van der Waals surface area contributed by atoms with Crippen LogP contribution < -0.4 is 4.90 Å². The summed E-state index contributed by atoms with van der Waals surface area (Å²) in [4.78, 5) is 12.9. The molecule has 1 fully saturated rings. The summed E-state index contributed by atoms with van der Waals surface area (Å²) in [6.07, 6.45) is 1.05. The fourth-order valence-corrected chi connectivity index (χ4v) is 2.49. The highest BCUT2D eigenvalue weighted by atomic mass is 19.1. The zero-order valence-electron chi connectivity index (χ0n) is 10.7. The van der Waals surface area contributed by atoms with Gasteiger partial charge in [-0.15, -0.1) is 0 Å². The largest absolute Gasteiger partial charge is 0.475 e. The number of carbonyl (C=O) groups is 1. The number of fused-ring (bicyclic) bond motifs is 1. The second-order valence-corrected chi connectivity index (χ2v) is 5.47. The first-order valence-electron chi connectivity index (χ1n) is 6.12. The van der Waals surface area contributed by atoms with Crippen LogP contribution in [0.25, 0.3) is 11.0 Å². The normalized spacial score (nSPS) is 17.5. The van der Waals surface area contributed by atoms with Gasteiger partial charge in [0.15, 0.2) is 0 Å². The van der Waals surface area contributed by atoms with E-state index in [-0.39, 0.29) is 22.3 Å². The van der Waals surface area contributed by atoms with Crippen molar-refractivity contribution in [1.82, 2.24) is 0 Å². The lowest BCUT2D eigenvalue weighted by Gasteiger charge is -2.50. The Labute approximate surface area is 109 Å². The van der Waals surface area contributed by atoms with Gasteiger partial charge in [-0.2, -0.15) is 0 Å². The molecule has 100 valence electrons. The number of carboxylic acids is 1. The van der Waals surface area contributed by atoms with Gasteiger partial charge in [-0.1, -0.05) is 0 Å². The number of nitrogens with zero attached hydrogens (tertiary/aromatic N) is 1. The zero-order valence-corrected chi connectivity index (χ0v) is 10.7. The molecular weight excluding hydrogens is 249 g/mol. The van der Waals surface area contributed by atoms with Crippen LogP contribution in [-0.4, -0.2) is 23.2 Å². The molecular formula is C14H14FNO3. The highest BCUT2D eigenvalue weighted by Crippen LogP contribution is 2.37. The quantitative estimate of drug-likeness (QED) is 0.903. The van der Waals surface area contributed by atoms with Crippen molar-refractivity contribution in [2.45, 2.75) is 25.8 Å². The summed E-state index contributed by atoms with van der Waals surface area (Å²) >= 11 is 0. The molecule has 3 rings (SSSR count). The molecule has 1 saturated heterocycles. The second-order valence-electron chi connectivity index (χ2n) is 5.47. The number of hydrogen-bond acceptors (Lipinski definition) is 3. The van der Waals surface area contributed by atoms with Crippen LogP contribution >= 0.6 is 0 Å². The third-order valence-electron chi connectivity index (χ3n) is 3.77. The van der Waals surface area contributed by atoms with Crippen LogP contribution in [0.4, 0.5) is 10.1 Å². The molecule has 0 unspecified atom stereocenters. The van der Waals surface area contributed by atoms with Gasteiger partial charge in [0.1, 0.15) is 11.4 Å². The third-order valence-corrected chi connectivity index (χ3v) is 3.77. The summed E-state index contributed by atoms with van der Waals surface area (Å²) in [6.45, 7) is 5.04. The topological polar surface area (TPSA) is 53.7 Å². The number of halogens is 1. The monoisotopic (exact) mass is 263 g/mol. The summed E-state index contributed by atoms with van der Waals surface area (Å²) in [7, 11) is 0. The number of benzene rings is 1. The van der Waals surface area contributed by atoms with Crippen molar-refractivity contribution in [3.8, 4) is 0 Å². The van der Waals surface area contributed by atoms with E-state index in [0.29, 0.717) is 0 Å². The molecule has 19 heavy (non-hydrogen) atoms.